The molecule has 66 valence electrons. The Bertz CT molecular complexity index is 469. The van der Waals surface area contributed by atoms with Gasteiger partial charge in [0, 0.05) is 24.7 Å². The molecule has 4 nitrogen and oxygen atoms in total. The van der Waals surface area contributed by atoms with Crippen molar-refractivity contribution in [3.63, 3.8) is 0 Å². The first-order valence-corrected chi connectivity index (χ1v) is 3.96. The van der Waals surface area contributed by atoms with Gasteiger partial charge >= 0.3 is 0 Å². The molecule has 4 heteroatoms. The molecule has 13 heavy (non-hydrogen) atoms. The molecule has 2 rings (SSSR count). The molecule has 0 amide bonds. The smallest absolute Gasteiger partial charge is 0.207 e. The SMILES string of the molecule is Cc1cnn(-c2c[nH]ccc2=O)c1. The van der Waals surface area contributed by atoms with E-state index in [1.54, 1.807) is 23.3 Å². The van der Waals surface area contributed by atoms with Crippen molar-refractivity contribution < 1.29 is 0 Å². The van der Waals surface area contributed by atoms with Crippen LogP contribution in [0.5, 0.6) is 0 Å². The number of H-pyrrole nitrogens is 1. The molecule has 0 aliphatic rings. The molecular formula is C9H9N3O. The number of aromatic nitrogens is 3. The molecule has 2 aromatic rings. The fourth-order valence-corrected chi connectivity index (χ4v) is 1.13. The third kappa shape index (κ3) is 1.38. The van der Waals surface area contributed by atoms with Crippen LogP contribution in [0.1, 0.15) is 5.56 Å². The average molecular weight is 175 g/mol. The minimum absolute atomic E-state index is 0.0400. The molecular weight excluding hydrogens is 166 g/mol. The molecule has 2 aromatic heterocycles. The summed E-state index contributed by atoms with van der Waals surface area (Å²) in [5.41, 5.74) is 1.53. The van der Waals surface area contributed by atoms with Gasteiger partial charge in [0.2, 0.25) is 5.43 Å². The van der Waals surface area contributed by atoms with Crippen molar-refractivity contribution in [1.82, 2.24) is 14.8 Å². The molecule has 0 atom stereocenters. The van der Waals surface area contributed by atoms with E-state index in [4.69, 9.17) is 0 Å². The Hall–Kier alpha value is -1.84. The Morgan fingerprint density at radius 3 is 3.00 bits per heavy atom. The normalized spacial score (nSPS) is 10.2. The Labute approximate surface area is 74.8 Å². The molecule has 0 aliphatic carbocycles. The van der Waals surface area contributed by atoms with Crippen LogP contribution in [-0.4, -0.2) is 14.8 Å². The lowest BCUT2D eigenvalue weighted by molar-refractivity contribution is 0.866. The van der Waals surface area contributed by atoms with Crippen LogP contribution in [0.2, 0.25) is 0 Å². The number of nitrogens with zero attached hydrogens (tertiary/aromatic N) is 2. The highest BCUT2D eigenvalue weighted by Crippen LogP contribution is 2.00. The second-order valence-electron chi connectivity index (χ2n) is 2.86. The molecule has 0 aliphatic heterocycles. The lowest BCUT2D eigenvalue weighted by Gasteiger charge is -1.97. The fourth-order valence-electron chi connectivity index (χ4n) is 1.13. The van der Waals surface area contributed by atoms with Crippen molar-refractivity contribution in [3.8, 4) is 5.69 Å². The van der Waals surface area contributed by atoms with Crippen LogP contribution in [0, 0.1) is 6.92 Å². The molecule has 0 radical (unpaired) electrons. The maximum absolute atomic E-state index is 11.3. The summed E-state index contributed by atoms with van der Waals surface area (Å²) in [4.78, 5) is 14.2. The van der Waals surface area contributed by atoms with Gasteiger partial charge in [-0.1, -0.05) is 0 Å². The van der Waals surface area contributed by atoms with Gasteiger partial charge < -0.3 is 4.98 Å². The number of aryl methyl sites for hydroxylation is 1. The molecule has 0 bridgehead atoms. The lowest BCUT2D eigenvalue weighted by atomic mass is 10.4. The van der Waals surface area contributed by atoms with Gasteiger partial charge in [0.15, 0.2) is 0 Å². The van der Waals surface area contributed by atoms with Crippen LogP contribution < -0.4 is 5.43 Å². The minimum atomic E-state index is -0.0400. The van der Waals surface area contributed by atoms with Crippen LogP contribution in [0.25, 0.3) is 5.69 Å². The van der Waals surface area contributed by atoms with Gasteiger partial charge in [-0.2, -0.15) is 5.10 Å². The average Bonchev–Trinajstić information content (AvgIpc) is 2.53. The second-order valence-corrected chi connectivity index (χ2v) is 2.86. The maximum Gasteiger partial charge on any atom is 0.207 e. The van der Waals surface area contributed by atoms with Crippen LogP contribution in [0.3, 0.4) is 0 Å². The first-order valence-electron chi connectivity index (χ1n) is 3.96. The van der Waals surface area contributed by atoms with Gasteiger partial charge in [-0.3, -0.25) is 4.79 Å². The third-order valence-corrected chi connectivity index (χ3v) is 1.76. The van der Waals surface area contributed by atoms with Gasteiger partial charge in [-0.15, -0.1) is 0 Å². The topological polar surface area (TPSA) is 50.7 Å². The molecule has 0 spiro atoms. The quantitative estimate of drug-likeness (QED) is 0.699. The number of aromatic amines is 1. The zero-order valence-corrected chi connectivity index (χ0v) is 7.19. The van der Waals surface area contributed by atoms with Crippen molar-refractivity contribution in [2.45, 2.75) is 6.92 Å². The van der Waals surface area contributed by atoms with E-state index < -0.39 is 0 Å². The van der Waals surface area contributed by atoms with Crippen molar-refractivity contribution in [3.05, 3.63) is 46.6 Å². The Balaban J connectivity index is 2.59. The summed E-state index contributed by atoms with van der Waals surface area (Å²) in [6.45, 7) is 1.93. The number of pyridine rings is 1. The highest BCUT2D eigenvalue weighted by molar-refractivity contribution is 5.27. The van der Waals surface area contributed by atoms with Gasteiger partial charge in [-0.25, -0.2) is 4.68 Å². The summed E-state index contributed by atoms with van der Waals surface area (Å²) in [5, 5.41) is 4.04. The summed E-state index contributed by atoms with van der Waals surface area (Å²) in [5.74, 6) is 0. The molecule has 0 unspecified atom stereocenters. The molecule has 0 saturated heterocycles. The van der Waals surface area contributed by atoms with Crippen molar-refractivity contribution in [2.24, 2.45) is 0 Å². The zero-order chi connectivity index (χ0) is 9.26. The number of hydrogen-bond donors (Lipinski definition) is 1. The van der Waals surface area contributed by atoms with Crippen LogP contribution in [0.4, 0.5) is 0 Å². The Morgan fingerprint density at radius 1 is 1.54 bits per heavy atom. The van der Waals surface area contributed by atoms with E-state index in [0.717, 1.165) is 5.56 Å². The first-order chi connectivity index (χ1) is 6.27. The molecule has 2 heterocycles. The number of hydrogen-bond acceptors (Lipinski definition) is 2. The van der Waals surface area contributed by atoms with Gasteiger partial charge in [0.05, 0.1) is 6.20 Å². The van der Waals surface area contributed by atoms with E-state index in [0.29, 0.717) is 5.69 Å². The Kier molecular flexibility index (Phi) is 1.73. The Morgan fingerprint density at radius 2 is 2.38 bits per heavy atom. The minimum Gasteiger partial charge on any atom is -0.366 e. The van der Waals surface area contributed by atoms with E-state index in [1.165, 1.54) is 6.07 Å². The molecule has 0 aromatic carbocycles. The summed E-state index contributed by atoms with van der Waals surface area (Å²) in [6, 6.07) is 1.48. The van der Waals surface area contributed by atoms with E-state index in [-0.39, 0.29) is 5.43 Å². The van der Waals surface area contributed by atoms with Gasteiger partial charge in [0.25, 0.3) is 0 Å². The van der Waals surface area contributed by atoms with E-state index in [9.17, 15) is 4.79 Å². The van der Waals surface area contributed by atoms with E-state index in [1.807, 2.05) is 13.1 Å². The number of rotatable bonds is 1. The van der Waals surface area contributed by atoms with Crippen LogP contribution in [0.15, 0.2) is 35.6 Å². The van der Waals surface area contributed by atoms with E-state index in [2.05, 4.69) is 10.1 Å². The van der Waals surface area contributed by atoms with Crippen LogP contribution in [-0.2, 0) is 0 Å². The van der Waals surface area contributed by atoms with Crippen molar-refractivity contribution in [2.75, 3.05) is 0 Å². The molecule has 0 fully saturated rings. The fraction of sp³-hybridized carbons (Fsp3) is 0.111. The third-order valence-electron chi connectivity index (χ3n) is 1.76. The summed E-state index contributed by atoms with van der Waals surface area (Å²) >= 11 is 0. The zero-order valence-electron chi connectivity index (χ0n) is 7.19. The van der Waals surface area contributed by atoms with Crippen molar-refractivity contribution in [1.29, 1.82) is 0 Å². The summed E-state index contributed by atoms with van der Waals surface area (Å²) in [6.07, 6.45) is 6.76. The largest absolute Gasteiger partial charge is 0.366 e. The number of nitrogens with one attached hydrogen (secondary N) is 1. The standard InChI is InChI=1S/C9H9N3O/c1-7-4-11-12(6-7)8-5-10-3-2-9(8)13/h2-6H,1H3,(H,10,13). The van der Waals surface area contributed by atoms with E-state index >= 15 is 0 Å². The van der Waals surface area contributed by atoms with Gasteiger partial charge in [-0.05, 0) is 12.5 Å². The summed E-state index contributed by atoms with van der Waals surface area (Å²) in [7, 11) is 0. The highest BCUT2D eigenvalue weighted by Gasteiger charge is 2.00. The van der Waals surface area contributed by atoms with Crippen LogP contribution >= 0.6 is 0 Å². The maximum atomic E-state index is 11.3. The second kappa shape index (κ2) is 2.90. The lowest BCUT2D eigenvalue weighted by Crippen LogP contribution is -2.10. The predicted molar refractivity (Wildman–Crippen MR) is 48.9 cm³/mol. The highest BCUT2D eigenvalue weighted by atomic mass is 16.1. The molecule has 1 N–H and O–H groups in total. The predicted octanol–water partition coefficient (Wildman–Crippen LogP) is 0.869. The first kappa shape index (κ1) is 7.79. The molecule has 0 saturated carbocycles. The van der Waals surface area contributed by atoms with Gasteiger partial charge in [0.1, 0.15) is 5.69 Å². The monoisotopic (exact) mass is 175 g/mol. The summed E-state index contributed by atoms with van der Waals surface area (Å²) < 4.78 is 1.56. The van der Waals surface area contributed by atoms with Crippen molar-refractivity contribution >= 4 is 0 Å².